The lowest BCUT2D eigenvalue weighted by Gasteiger charge is -2.24. The molecule has 0 aliphatic carbocycles. The smallest absolute Gasteiger partial charge is 0.107 e. The van der Waals surface area contributed by atoms with Crippen LogP contribution in [0.3, 0.4) is 0 Å². The van der Waals surface area contributed by atoms with E-state index in [9.17, 15) is 0 Å². The average Bonchev–Trinajstić information content (AvgIpc) is 1.64. The Labute approximate surface area is 58.5 Å². The van der Waals surface area contributed by atoms with Gasteiger partial charge in [0.05, 0.1) is 5.82 Å². The molecule has 0 unspecified atom stereocenters. The molecule has 2 nitrogen and oxygen atoms in total. The standard InChI is InChI=1S/C6H13BN2/c1-8(2)6(5-7)9(3)4/h5H,1-4H3. The van der Waals surface area contributed by atoms with Crippen molar-refractivity contribution in [3.8, 4) is 0 Å². The van der Waals surface area contributed by atoms with Crippen molar-refractivity contribution in [2.45, 2.75) is 0 Å². The summed E-state index contributed by atoms with van der Waals surface area (Å²) in [4.78, 5) is 3.92. The van der Waals surface area contributed by atoms with Crippen LogP contribution < -0.4 is 0 Å². The van der Waals surface area contributed by atoms with E-state index in [0.29, 0.717) is 0 Å². The van der Waals surface area contributed by atoms with Crippen LogP contribution in [-0.4, -0.2) is 45.8 Å². The first kappa shape index (κ1) is 8.40. The third kappa shape index (κ3) is 2.45. The predicted molar refractivity (Wildman–Crippen MR) is 41.2 cm³/mol. The summed E-state index contributed by atoms with van der Waals surface area (Å²) in [5, 5.41) is 0. The van der Waals surface area contributed by atoms with Gasteiger partial charge in [0.1, 0.15) is 7.85 Å². The first-order valence-electron chi connectivity index (χ1n) is 2.86. The van der Waals surface area contributed by atoms with Crippen molar-refractivity contribution < 1.29 is 0 Å². The zero-order chi connectivity index (χ0) is 7.44. The molecule has 3 heteroatoms. The summed E-state index contributed by atoms with van der Waals surface area (Å²) in [6, 6.07) is 0. The Morgan fingerprint density at radius 2 is 1.44 bits per heavy atom. The minimum Gasteiger partial charge on any atom is -0.365 e. The second-order valence-electron chi connectivity index (χ2n) is 2.31. The van der Waals surface area contributed by atoms with Crippen molar-refractivity contribution in [2.24, 2.45) is 0 Å². The van der Waals surface area contributed by atoms with Gasteiger partial charge in [0.15, 0.2) is 0 Å². The molecule has 0 fully saturated rings. The summed E-state index contributed by atoms with van der Waals surface area (Å²) in [7, 11) is 13.2. The van der Waals surface area contributed by atoms with Crippen molar-refractivity contribution in [2.75, 3.05) is 28.2 Å². The lowest BCUT2D eigenvalue weighted by atomic mass is 10.1. The van der Waals surface area contributed by atoms with Crippen LogP contribution in [0.2, 0.25) is 0 Å². The van der Waals surface area contributed by atoms with Gasteiger partial charge in [-0.15, -0.1) is 0 Å². The normalized spacial score (nSPS) is 8.44. The summed E-state index contributed by atoms with van der Waals surface area (Å²) < 4.78 is 0. The van der Waals surface area contributed by atoms with Crippen molar-refractivity contribution in [3.05, 3.63) is 11.8 Å². The molecular formula is C6H13BN2. The molecule has 0 saturated carbocycles. The Balaban J connectivity index is 4.01. The highest BCUT2D eigenvalue weighted by Crippen LogP contribution is 1.98. The van der Waals surface area contributed by atoms with Crippen LogP contribution in [0.25, 0.3) is 0 Å². The molecule has 50 valence electrons. The van der Waals surface area contributed by atoms with E-state index >= 15 is 0 Å². The number of hydrogen-bond donors (Lipinski definition) is 0. The highest BCUT2D eigenvalue weighted by atomic mass is 15.3. The topological polar surface area (TPSA) is 6.48 Å². The van der Waals surface area contributed by atoms with Gasteiger partial charge in [-0.1, -0.05) is 5.98 Å². The molecule has 0 amide bonds. The molecule has 0 aliphatic rings. The molecule has 0 spiro atoms. The molecule has 0 atom stereocenters. The maximum absolute atomic E-state index is 5.33. The van der Waals surface area contributed by atoms with Crippen molar-refractivity contribution in [1.29, 1.82) is 0 Å². The molecule has 0 N–H and O–H groups in total. The van der Waals surface area contributed by atoms with Gasteiger partial charge in [-0.25, -0.2) is 0 Å². The van der Waals surface area contributed by atoms with Crippen molar-refractivity contribution in [1.82, 2.24) is 9.80 Å². The number of nitrogens with zero attached hydrogens (tertiary/aromatic N) is 2. The van der Waals surface area contributed by atoms with Gasteiger partial charge < -0.3 is 9.80 Å². The molecule has 0 aliphatic heterocycles. The van der Waals surface area contributed by atoms with E-state index in [0.717, 1.165) is 5.82 Å². The van der Waals surface area contributed by atoms with Gasteiger partial charge in [0, 0.05) is 28.2 Å². The van der Waals surface area contributed by atoms with E-state index in [2.05, 4.69) is 0 Å². The molecular weight excluding hydrogens is 111 g/mol. The average molecular weight is 124 g/mol. The Kier molecular flexibility index (Phi) is 3.21. The largest absolute Gasteiger partial charge is 0.365 e. The molecule has 0 saturated heterocycles. The number of hydrogen-bond acceptors (Lipinski definition) is 2. The summed E-state index contributed by atoms with van der Waals surface area (Å²) >= 11 is 0. The fourth-order valence-corrected chi connectivity index (χ4v) is 0.698. The summed E-state index contributed by atoms with van der Waals surface area (Å²) in [6.07, 6.45) is 0. The Bertz CT molecular complexity index is 97.6. The van der Waals surface area contributed by atoms with Gasteiger partial charge in [-0.2, -0.15) is 0 Å². The van der Waals surface area contributed by atoms with Gasteiger partial charge in [-0.05, 0) is 0 Å². The van der Waals surface area contributed by atoms with Crippen LogP contribution in [-0.2, 0) is 0 Å². The van der Waals surface area contributed by atoms with Crippen LogP contribution in [0.5, 0.6) is 0 Å². The monoisotopic (exact) mass is 124 g/mol. The fraction of sp³-hybridized carbons (Fsp3) is 0.667. The van der Waals surface area contributed by atoms with Crippen LogP contribution in [0.1, 0.15) is 0 Å². The summed E-state index contributed by atoms with van der Waals surface area (Å²) in [5.74, 6) is 2.59. The molecule has 0 aromatic carbocycles. The van der Waals surface area contributed by atoms with E-state index in [1.165, 1.54) is 0 Å². The Morgan fingerprint density at radius 1 is 1.11 bits per heavy atom. The minimum atomic E-state index is 1.01. The summed E-state index contributed by atoms with van der Waals surface area (Å²) in [5.41, 5.74) is 0. The molecule has 0 aromatic heterocycles. The van der Waals surface area contributed by atoms with Gasteiger partial charge >= 0.3 is 0 Å². The molecule has 0 aromatic rings. The highest BCUT2D eigenvalue weighted by Gasteiger charge is 1.96. The maximum atomic E-state index is 5.33. The minimum absolute atomic E-state index is 1.01. The maximum Gasteiger partial charge on any atom is 0.107 e. The van der Waals surface area contributed by atoms with Crippen LogP contribution in [0, 0.1) is 0 Å². The molecule has 9 heavy (non-hydrogen) atoms. The molecule has 2 radical (unpaired) electrons. The van der Waals surface area contributed by atoms with Crippen molar-refractivity contribution in [3.63, 3.8) is 0 Å². The molecule has 0 rings (SSSR count). The summed E-state index contributed by atoms with van der Waals surface area (Å²) in [6.45, 7) is 0. The zero-order valence-electron chi connectivity index (χ0n) is 6.55. The Morgan fingerprint density at radius 3 is 1.44 bits per heavy atom. The second-order valence-corrected chi connectivity index (χ2v) is 2.31. The number of rotatable bonds is 2. The lowest BCUT2D eigenvalue weighted by molar-refractivity contribution is 0.344. The molecule has 0 bridgehead atoms. The van der Waals surface area contributed by atoms with Gasteiger partial charge in [0.2, 0.25) is 0 Å². The zero-order valence-corrected chi connectivity index (χ0v) is 6.55. The predicted octanol–water partition coefficient (Wildman–Crippen LogP) is 0.0770. The van der Waals surface area contributed by atoms with Crippen LogP contribution in [0.15, 0.2) is 11.8 Å². The van der Waals surface area contributed by atoms with E-state index < -0.39 is 0 Å². The highest BCUT2D eigenvalue weighted by molar-refractivity contribution is 6.17. The quantitative estimate of drug-likeness (QED) is 0.481. The van der Waals surface area contributed by atoms with Gasteiger partial charge in [0.25, 0.3) is 0 Å². The lowest BCUT2D eigenvalue weighted by Crippen LogP contribution is -2.24. The second kappa shape index (κ2) is 3.43. The van der Waals surface area contributed by atoms with E-state index in [4.69, 9.17) is 7.85 Å². The first-order chi connectivity index (χ1) is 4.09. The van der Waals surface area contributed by atoms with Crippen LogP contribution in [0.4, 0.5) is 0 Å². The Hall–Kier alpha value is -0.595. The van der Waals surface area contributed by atoms with Crippen LogP contribution >= 0.6 is 0 Å². The SMILES string of the molecule is [B]C=C(N(C)C)N(C)C. The third-order valence-electron chi connectivity index (χ3n) is 1.07. The van der Waals surface area contributed by atoms with Gasteiger partial charge in [-0.3, -0.25) is 0 Å². The van der Waals surface area contributed by atoms with E-state index in [1.54, 1.807) is 5.98 Å². The van der Waals surface area contributed by atoms with Crippen molar-refractivity contribution >= 4 is 7.85 Å². The molecule has 0 heterocycles. The van der Waals surface area contributed by atoms with E-state index in [1.807, 2.05) is 38.0 Å². The fourth-order valence-electron chi connectivity index (χ4n) is 0.698. The third-order valence-corrected chi connectivity index (χ3v) is 1.07. The van der Waals surface area contributed by atoms with E-state index in [-0.39, 0.29) is 0 Å². The first-order valence-corrected chi connectivity index (χ1v) is 2.86.